The number of carbonyl (C=O) groups is 4. The van der Waals surface area contributed by atoms with Crippen molar-refractivity contribution in [3.63, 3.8) is 0 Å². The molecular weight excluding hydrogens is 904 g/mol. The van der Waals surface area contributed by atoms with Crippen LogP contribution in [0, 0.1) is 13.8 Å². The van der Waals surface area contributed by atoms with Crippen LogP contribution in [0.15, 0.2) is 109 Å². The monoisotopic (exact) mass is 940 g/mol. The quantitative estimate of drug-likeness (QED) is 0.0951. The van der Waals surface area contributed by atoms with Gasteiger partial charge < -0.3 is 39.8 Å². The molecule has 2 aliphatic carbocycles. The fourth-order valence-electron chi connectivity index (χ4n) is 7.89. The van der Waals surface area contributed by atoms with Crippen molar-refractivity contribution < 1.29 is 65.9 Å². The second-order valence-electron chi connectivity index (χ2n) is 16.2. The molecule has 2 saturated carbocycles. The second kappa shape index (κ2) is 16.9. The third-order valence-electron chi connectivity index (χ3n) is 11.7. The standard InChI is InChI=1S/2C24H18F2N2O5.ClH/c2*1-13-5-8-19(27-20(13)14-3-2-4-15(11-14)21(29)30)28-22(31)23(9-10-23)16-6-7-17-18(12-16)33-24(25,26)32-17;/h2*2-8,11-12H,9-10H2,1H3,(H,29,30)(H,27,28,31);1H. The van der Waals surface area contributed by atoms with Crippen molar-refractivity contribution in [3.05, 3.63) is 143 Å². The number of hydrogen-bond donors (Lipinski definition) is 4. The highest BCUT2D eigenvalue weighted by atomic mass is 35.5. The fraction of sp³-hybridized carbons (Fsp3) is 0.208. The number of aryl methyl sites for hydroxylation is 2. The SMILES string of the molecule is Cc1ccc(NC(=O)C2(c3ccc4c(c3)OC(F)(F)O4)CC2)nc1-c1cccc(C(=O)O)c1.Cc1ccc(NC(=O)C2(c3ccc4c(c3)OC(F)(F)O4)CC2)nc1-c1cccc(C(=O)O)c1.Cl. The molecule has 67 heavy (non-hydrogen) atoms. The van der Waals surface area contributed by atoms with Gasteiger partial charge in [0.15, 0.2) is 23.0 Å². The lowest BCUT2D eigenvalue weighted by Crippen LogP contribution is -2.28. The van der Waals surface area contributed by atoms with Crippen molar-refractivity contribution in [1.29, 1.82) is 0 Å². The molecule has 2 fully saturated rings. The van der Waals surface area contributed by atoms with Crippen LogP contribution >= 0.6 is 12.4 Å². The minimum atomic E-state index is -3.72. The highest BCUT2D eigenvalue weighted by molar-refractivity contribution is 6.02. The number of fused-ring (bicyclic) bond motifs is 2. The van der Waals surface area contributed by atoms with Crippen molar-refractivity contribution in [2.24, 2.45) is 0 Å². The Morgan fingerprint density at radius 1 is 0.522 bits per heavy atom. The van der Waals surface area contributed by atoms with Crippen LogP contribution in [-0.2, 0) is 20.4 Å². The van der Waals surface area contributed by atoms with E-state index in [9.17, 15) is 47.0 Å². The molecule has 4 aliphatic rings. The molecule has 0 unspecified atom stereocenters. The molecule has 4 heterocycles. The number of benzene rings is 4. The molecule has 344 valence electrons. The number of hydrogen-bond acceptors (Lipinski definition) is 10. The Kier molecular flexibility index (Phi) is 11.6. The maximum absolute atomic E-state index is 13.3. The average Bonchev–Trinajstić information content (AvgIpc) is 4.21. The smallest absolute Gasteiger partial charge is 0.478 e. The van der Waals surface area contributed by atoms with Gasteiger partial charge in [-0.25, -0.2) is 19.6 Å². The van der Waals surface area contributed by atoms with E-state index in [1.807, 2.05) is 13.8 Å². The summed E-state index contributed by atoms with van der Waals surface area (Å²) in [6.45, 7) is 3.68. The lowest BCUT2D eigenvalue weighted by molar-refractivity contribution is -0.287. The molecular formula is C48H37ClF4N4O10. The number of halogens is 5. The minimum absolute atomic E-state index is 0. The van der Waals surface area contributed by atoms with Crippen LogP contribution in [-0.4, -0.2) is 56.5 Å². The number of pyridine rings is 2. The second-order valence-corrected chi connectivity index (χ2v) is 16.2. The number of aromatic carboxylic acids is 2. The third kappa shape index (κ3) is 9.12. The van der Waals surface area contributed by atoms with Crippen LogP contribution in [0.25, 0.3) is 22.5 Å². The number of anilines is 2. The highest BCUT2D eigenvalue weighted by Gasteiger charge is 2.54. The van der Waals surface area contributed by atoms with E-state index in [2.05, 4.69) is 39.5 Å². The van der Waals surface area contributed by atoms with Gasteiger partial charge in [0.05, 0.1) is 33.3 Å². The summed E-state index contributed by atoms with van der Waals surface area (Å²) in [4.78, 5) is 58.0. The Bertz CT molecular complexity index is 2820. The summed E-state index contributed by atoms with van der Waals surface area (Å²) in [5.74, 6) is -2.46. The van der Waals surface area contributed by atoms with Crippen molar-refractivity contribution in [2.75, 3.05) is 10.6 Å². The molecule has 0 radical (unpaired) electrons. The first kappa shape index (κ1) is 45.8. The molecule has 4 aromatic carbocycles. The number of nitrogens with one attached hydrogen (secondary N) is 2. The van der Waals surface area contributed by atoms with Crippen LogP contribution in [0.2, 0.25) is 0 Å². The predicted octanol–water partition coefficient (Wildman–Crippen LogP) is 9.92. The molecule has 6 aromatic rings. The van der Waals surface area contributed by atoms with Crippen LogP contribution in [0.3, 0.4) is 0 Å². The molecule has 0 bridgehead atoms. The number of nitrogens with zero attached hydrogens (tertiary/aromatic N) is 2. The van der Waals surface area contributed by atoms with Crippen molar-refractivity contribution in [3.8, 4) is 45.5 Å². The molecule has 19 heteroatoms. The van der Waals surface area contributed by atoms with Gasteiger partial charge in [-0.2, -0.15) is 0 Å². The number of alkyl halides is 4. The van der Waals surface area contributed by atoms with Gasteiger partial charge in [0.25, 0.3) is 0 Å². The maximum Gasteiger partial charge on any atom is 0.586 e. The Labute approximate surface area is 384 Å². The Morgan fingerprint density at radius 3 is 1.25 bits per heavy atom. The lowest BCUT2D eigenvalue weighted by Gasteiger charge is -2.17. The van der Waals surface area contributed by atoms with Gasteiger partial charge in [-0.15, -0.1) is 30.0 Å². The number of ether oxygens (including phenoxy) is 4. The Balaban J connectivity index is 0.000000179. The molecule has 4 N–H and O–H groups in total. The molecule has 10 rings (SSSR count). The van der Waals surface area contributed by atoms with Gasteiger partial charge in [-0.05, 0) is 122 Å². The van der Waals surface area contributed by atoms with Crippen LogP contribution in [0.1, 0.15) is 68.7 Å². The molecule has 2 aromatic heterocycles. The first-order valence-electron chi connectivity index (χ1n) is 20.4. The van der Waals surface area contributed by atoms with Crippen LogP contribution in [0.4, 0.5) is 29.2 Å². The highest BCUT2D eigenvalue weighted by Crippen LogP contribution is 2.53. The van der Waals surface area contributed by atoms with Gasteiger partial charge in [0.2, 0.25) is 11.8 Å². The summed E-state index contributed by atoms with van der Waals surface area (Å²) in [7, 11) is 0. The number of carbonyl (C=O) groups excluding carboxylic acids is 2. The number of aromatic nitrogens is 2. The largest absolute Gasteiger partial charge is 0.586 e. The van der Waals surface area contributed by atoms with Gasteiger partial charge >= 0.3 is 24.5 Å². The number of carboxylic acids is 2. The summed E-state index contributed by atoms with van der Waals surface area (Å²) in [6, 6.07) is 28.4. The van der Waals surface area contributed by atoms with E-state index in [-0.39, 0.29) is 58.3 Å². The molecule has 2 aliphatic heterocycles. The molecule has 0 spiro atoms. The van der Waals surface area contributed by atoms with E-state index in [1.54, 1.807) is 60.7 Å². The average molecular weight is 941 g/mol. The number of carboxylic acid groups (broad SMARTS) is 2. The zero-order valence-electron chi connectivity index (χ0n) is 35.2. The summed E-state index contributed by atoms with van der Waals surface area (Å²) in [5, 5.41) is 24.1. The number of rotatable bonds is 10. The fourth-order valence-corrected chi connectivity index (χ4v) is 7.89. The Hall–Kier alpha value is -7.73. The van der Waals surface area contributed by atoms with Gasteiger partial charge in [0, 0.05) is 11.1 Å². The van der Waals surface area contributed by atoms with E-state index in [4.69, 9.17) is 0 Å². The summed E-state index contributed by atoms with van der Waals surface area (Å²) < 4.78 is 71.3. The molecule has 2 amide bonds. The first-order valence-corrected chi connectivity index (χ1v) is 20.4. The molecule has 0 saturated heterocycles. The maximum atomic E-state index is 13.3. The lowest BCUT2D eigenvalue weighted by atomic mass is 9.94. The summed E-state index contributed by atoms with van der Waals surface area (Å²) >= 11 is 0. The van der Waals surface area contributed by atoms with Crippen LogP contribution in [0.5, 0.6) is 23.0 Å². The van der Waals surface area contributed by atoms with Gasteiger partial charge in [0.1, 0.15) is 11.6 Å². The zero-order valence-corrected chi connectivity index (χ0v) is 36.0. The van der Waals surface area contributed by atoms with E-state index in [0.717, 1.165) is 11.1 Å². The normalized spacial score (nSPS) is 16.6. The van der Waals surface area contributed by atoms with Crippen molar-refractivity contribution in [2.45, 2.75) is 63.0 Å². The molecule has 0 atom stereocenters. The minimum Gasteiger partial charge on any atom is -0.478 e. The number of amides is 2. The van der Waals surface area contributed by atoms with Crippen LogP contribution < -0.4 is 29.6 Å². The summed E-state index contributed by atoms with van der Waals surface area (Å²) in [6.07, 6.45) is -5.24. The summed E-state index contributed by atoms with van der Waals surface area (Å²) in [5.41, 5.74) is 3.59. The first-order chi connectivity index (χ1) is 31.3. The van der Waals surface area contributed by atoms with Crippen molar-refractivity contribution in [1.82, 2.24) is 9.97 Å². The Morgan fingerprint density at radius 2 is 0.896 bits per heavy atom. The predicted molar refractivity (Wildman–Crippen MR) is 234 cm³/mol. The third-order valence-corrected chi connectivity index (χ3v) is 11.7. The van der Waals surface area contributed by atoms with E-state index in [0.29, 0.717) is 71.0 Å². The zero-order chi connectivity index (χ0) is 46.8. The van der Waals surface area contributed by atoms with E-state index in [1.165, 1.54) is 48.5 Å². The van der Waals surface area contributed by atoms with Gasteiger partial charge in [-0.1, -0.05) is 48.5 Å². The topological polar surface area (TPSA) is 195 Å². The van der Waals surface area contributed by atoms with Crippen molar-refractivity contribution >= 4 is 47.8 Å². The van der Waals surface area contributed by atoms with E-state index >= 15 is 0 Å². The van der Waals surface area contributed by atoms with Gasteiger partial charge in [-0.3, -0.25) is 9.59 Å². The molecule has 14 nitrogen and oxygen atoms in total. The van der Waals surface area contributed by atoms with E-state index < -0.39 is 35.4 Å².